The maximum absolute atomic E-state index is 13.2. The van der Waals surface area contributed by atoms with Gasteiger partial charge in [-0.15, -0.1) is 0 Å². The van der Waals surface area contributed by atoms with Crippen molar-refractivity contribution >= 4 is 76.0 Å². The van der Waals surface area contributed by atoms with Gasteiger partial charge in [-0.25, -0.2) is 4.79 Å². The maximum Gasteiger partial charge on any atom is 0.408 e. The van der Waals surface area contributed by atoms with Crippen molar-refractivity contribution in [3.63, 3.8) is 0 Å². The number of nitrogens with zero attached hydrogens (tertiary/aromatic N) is 2. The Kier molecular flexibility index (Phi) is 13.6. The van der Waals surface area contributed by atoms with Gasteiger partial charge in [0.15, 0.2) is 10.6 Å². The molecule has 0 radical (unpaired) electrons. The lowest BCUT2D eigenvalue weighted by Crippen LogP contribution is -2.50. The van der Waals surface area contributed by atoms with Gasteiger partial charge in [-0.05, 0) is 72.2 Å². The number of hydrogen-bond acceptors (Lipinski definition) is 8. The third-order valence-electron chi connectivity index (χ3n) is 6.32. The Morgan fingerprint density at radius 2 is 1.54 bits per heavy atom. The van der Waals surface area contributed by atoms with E-state index in [9.17, 15) is 19.2 Å². The van der Waals surface area contributed by atoms with Crippen LogP contribution >= 0.6 is 46.4 Å². The van der Waals surface area contributed by atoms with E-state index in [-0.39, 0.29) is 25.9 Å². The molecule has 0 fully saturated rings. The fourth-order valence-electron chi connectivity index (χ4n) is 4.37. The second-order valence-electron chi connectivity index (χ2n) is 12.6. The first kappa shape index (κ1) is 38.9. The van der Waals surface area contributed by atoms with Crippen LogP contribution in [0.2, 0.25) is 10.0 Å². The number of benzene rings is 2. The van der Waals surface area contributed by atoms with E-state index < -0.39 is 46.0 Å². The predicted molar refractivity (Wildman–Crippen MR) is 186 cm³/mol. The van der Waals surface area contributed by atoms with Gasteiger partial charge in [-0.2, -0.15) is 0 Å². The Balaban J connectivity index is 1.77. The lowest BCUT2D eigenvalue weighted by molar-refractivity contribution is -0.155. The number of alkyl carbamates (subject to hydrolysis) is 1. The monoisotopic (exact) mass is 742 g/mol. The van der Waals surface area contributed by atoms with Crippen LogP contribution in [0, 0.1) is 0 Å². The molecule has 0 aliphatic heterocycles. The zero-order valence-corrected chi connectivity index (χ0v) is 30.4. The van der Waals surface area contributed by atoms with E-state index in [1.54, 1.807) is 90.1 Å². The van der Waals surface area contributed by atoms with Crippen LogP contribution in [0.1, 0.15) is 54.4 Å². The lowest BCUT2D eigenvalue weighted by atomic mass is 10.1. The number of alkyl halides is 2. The maximum atomic E-state index is 13.2. The van der Waals surface area contributed by atoms with Crippen LogP contribution in [0.15, 0.2) is 53.1 Å². The molecule has 2 aromatic carbocycles. The van der Waals surface area contributed by atoms with Gasteiger partial charge >= 0.3 is 12.1 Å². The molecule has 1 atom stereocenters. The standard InChI is InChI=1S/C33H38Cl4N4O7/c1-32(2,3)46-26(42)14-13-23(39-31(45)47-33(4,5)6)29(43)38-15-16-41(30(44)28(36)37)20-10-7-9-19(17-20)25-18-24(40-48-25)27-21(34)11-8-12-22(27)35/h7-12,17-18,23,28H,13-16H2,1-6H3,(H,38,43)(H,39,45)/t23-/m0/s1. The minimum Gasteiger partial charge on any atom is -0.460 e. The van der Waals surface area contributed by atoms with Crippen molar-refractivity contribution in [1.29, 1.82) is 0 Å². The molecule has 0 aliphatic rings. The van der Waals surface area contributed by atoms with E-state index in [0.717, 1.165) is 0 Å². The van der Waals surface area contributed by atoms with Crippen molar-refractivity contribution in [1.82, 2.24) is 15.8 Å². The van der Waals surface area contributed by atoms with Gasteiger partial charge in [-0.1, -0.05) is 69.8 Å². The number of hydrogen-bond donors (Lipinski definition) is 2. The SMILES string of the molecule is CC(C)(C)OC(=O)CC[C@H](NC(=O)OC(C)(C)C)C(=O)NCCN(C(=O)C(Cl)Cl)c1cccc(-c2cc(-c3c(Cl)cccc3Cl)no2)c1. The van der Waals surface area contributed by atoms with Crippen LogP contribution in [-0.2, 0) is 23.9 Å². The fourth-order valence-corrected chi connectivity index (χ4v) is 5.20. The van der Waals surface area contributed by atoms with E-state index in [0.29, 0.717) is 38.3 Å². The van der Waals surface area contributed by atoms with Gasteiger partial charge in [0, 0.05) is 42.4 Å². The molecule has 0 spiro atoms. The summed E-state index contributed by atoms with van der Waals surface area (Å²) in [6.07, 6.45) is -1.04. The third kappa shape index (κ3) is 11.9. The average molecular weight is 744 g/mol. The van der Waals surface area contributed by atoms with Gasteiger partial charge in [0.05, 0.1) is 10.0 Å². The average Bonchev–Trinajstić information content (AvgIpc) is 3.45. The summed E-state index contributed by atoms with van der Waals surface area (Å²) in [6.45, 7) is 10.1. The van der Waals surface area contributed by atoms with Crippen molar-refractivity contribution in [2.75, 3.05) is 18.0 Å². The van der Waals surface area contributed by atoms with Crippen LogP contribution in [0.4, 0.5) is 10.5 Å². The van der Waals surface area contributed by atoms with E-state index in [1.807, 2.05) is 0 Å². The van der Waals surface area contributed by atoms with Crippen molar-refractivity contribution in [3.05, 3.63) is 58.6 Å². The van der Waals surface area contributed by atoms with Gasteiger partial charge in [0.2, 0.25) is 5.91 Å². The number of aromatic nitrogens is 1. The zero-order chi connectivity index (χ0) is 35.8. The molecule has 0 unspecified atom stereocenters. The molecule has 1 heterocycles. The Hall–Kier alpha value is -3.51. The van der Waals surface area contributed by atoms with Gasteiger partial charge in [0.1, 0.15) is 22.9 Å². The van der Waals surface area contributed by atoms with Gasteiger partial charge in [0.25, 0.3) is 5.91 Å². The summed E-state index contributed by atoms with van der Waals surface area (Å²) in [6, 6.07) is 12.4. The summed E-state index contributed by atoms with van der Waals surface area (Å²) in [4.78, 5) is 51.1. The van der Waals surface area contributed by atoms with Crippen LogP contribution < -0.4 is 15.5 Å². The molecule has 3 amide bonds. The molecule has 2 N–H and O–H groups in total. The van der Waals surface area contributed by atoms with Crippen molar-refractivity contribution in [2.24, 2.45) is 0 Å². The number of esters is 1. The molecule has 11 nitrogen and oxygen atoms in total. The highest BCUT2D eigenvalue weighted by Gasteiger charge is 2.28. The largest absolute Gasteiger partial charge is 0.460 e. The molecule has 260 valence electrons. The number of ether oxygens (including phenoxy) is 2. The molecule has 0 aliphatic carbocycles. The van der Waals surface area contributed by atoms with E-state index in [1.165, 1.54) is 4.90 Å². The number of carbonyl (C=O) groups is 4. The summed E-state index contributed by atoms with van der Waals surface area (Å²) in [5.41, 5.74) is 0.366. The molecule has 1 aromatic heterocycles. The second kappa shape index (κ2) is 16.7. The van der Waals surface area contributed by atoms with Crippen LogP contribution in [0.5, 0.6) is 0 Å². The smallest absolute Gasteiger partial charge is 0.408 e. The highest BCUT2D eigenvalue weighted by molar-refractivity contribution is 6.54. The Morgan fingerprint density at radius 1 is 0.917 bits per heavy atom. The van der Waals surface area contributed by atoms with E-state index in [2.05, 4.69) is 15.8 Å². The molecule has 3 rings (SSSR count). The van der Waals surface area contributed by atoms with E-state index >= 15 is 0 Å². The highest BCUT2D eigenvalue weighted by Crippen LogP contribution is 2.36. The predicted octanol–water partition coefficient (Wildman–Crippen LogP) is 7.58. The minimum absolute atomic E-state index is 0.0495. The van der Waals surface area contributed by atoms with Crippen molar-refractivity contribution in [3.8, 4) is 22.6 Å². The van der Waals surface area contributed by atoms with E-state index in [4.69, 9.17) is 60.4 Å². The Labute approximate surface area is 299 Å². The summed E-state index contributed by atoms with van der Waals surface area (Å²) < 4.78 is 16.2. The lowest BCUT2D eigenvalue weighted by Gasteiger charge is -2.26. The first-order valence-corrected chi connectivity index (χ1v) is 16.6. The number of anilines is 1. The molecular weight excluding hydrogens is 706 g/mol. The van der Waals surface area contributed by atoms with Crippen molar-refractivity contribution < 1.29 is 33.2 Å². The number of amides is 3. The molecule has 48 heavy (non-hydrogen) atoms. The summed E-state index contributed by atoms with van der Waals surface area (Å²) in [7, 11) is 0. The molecule has 3 aromatic rings. The van der Waals surface area contributed by atoms with Crippen LogP contribution in [0.3, 0.4) is 0 Å². The summed E-state index contributed by atoms with van der Waals surface area (Å²) in [5, 5.41) is 10.1. The van der Waals surface area contributed by atoms with Gasteiger partial charge < -0.3 is 29.5 Å². The fraction of sp³-hybridized carbons (Fsp3) is 0.424. The molecular formula is C33H38Cl4N4O7. The number of nitrogens with one attached hydrogen (secondary N) is 2. The summed E-state index contributed by atoms with van der Waals surface area (Å²) in [5.74, 6) is -1.41. The normalized spacial score (nSPS) is 12.3. The molecule has 0 bridgehead atoms. The highest BCUT2D eigenvalue weighted by atomic mass is 35.5. The molecule has 0 saturated carbocycles. The molecule has 15 heteroatoms. The summed E-state index contributed by atoms with van der Waals surface area (Å²) >= 11 is 24.6. The Morgan fingerprint density at radius 3 is 2.15 bits per heavy atom. The second-order valence-corrected chi connectivity index (χ2v) is 14.5. The van der Waals surface area contributed by atoms with Crippen LogP contribution in [-0.4, -0.2) is 64.2 Å². The quantitative estimate of drug-likeness (QED) is 0.143. The van der Waals surface area contributed by atoms with Crippen molar-refractivity contribution in [2.45, 2.75) is 76.5 Å². The number of rotatable bonds is 12. The number of halogens is 4. The van der Waals surface area contributed by atoms with Gasteiger partial charge in [-0.3, -0.25) is 14.4 Å². The topological polar surface area (TPSA) is 140 Å². The first-order chi connectivity index (χ1) is 22.3. The zero-order valence-electron chi connectivity index (χ0n) is 27.4. The number of carbonyl (C=O) groups excluding carboxylic acids is 4. The third-order valence-corrected chi connectivity index (χ3v) is 7.33. The Bertz CT molecular complexity index is 1600. The molecule has 0 saturated heterocycles. The van der Waals surface area contributed by atoms with Crippen LogP contribution in [0.25, 0.3) is 22.6 Å². The first-order valence-electron chi connectivity index (χ1n) is 14.9. The minimum atomic E-state index is -1.40.